The molecule has 0 unspecified atom stereocenters. The van der Waals surface area contributed by atoms with Crippen LogP contribution in [-0.2, 0) is 0 Å². The summed E-state index contributed by atoms with van der Waals surface area (Å²) >= 11 is 1.54. The van der Waals surface area contributed by atoms with Gasteiger partial charge >= 0.3 is 0 Å². The predicted molar refractivity (Wildman–Crippen MR) is 98.8 cm³/mol. The third-order valence-electron chi connectivity index (χ3n) is 4.18. The Balaban J connectivity index is 1.75. The highest BCUT2D eigenvalue weighted by molar-refractivity contribution is 7.13. The Labute approximate surface area is 144 Å². The number of halogens is 1. The molecular formula is C20H17FN2S. The van der Waals surface area contributed by atoms with E-state index in [0.29, 0.717) is 17.3 Å². The van der Waals surface area contributed by atoms with Crippen molar-refractivity contribution in [2.75, 3.05) is 0 Å². The van der Waals surface area contributed by atoms with Crippen LogP contribution in [0.2, 0.25) is 0 Å². The number of fused-ring (bicyclic) bond motifs is 1. The van der Waals surface area contributed by atoms with Gasteiger partial charge in [-0.1, -0.05) is 12.1 Å². The van der Waals surface area contributed by atoms with Crippen molar-refractivity contribution < 1.29 is 4.39 Å². The van der Waals surface area contributed by atoms with Crippen LogP contribution in [-0.4, -0.2) is 9.55 Å². The van der Waals surface area contributed by atoms with Gasteiger partial charge in [-0.25, -0.2) is 9.37 Å². The molecule has 24 heavy (non-hydrogen) atoms. The summed E-state index contributed by atoms with van der Waals surface area (Å²) in [6.45, 7) is 4.35. The van der Waals surface area contributed by atoms with Gasteiger partial charge in [-0.2, -0.15) is 0 Å². The Morgan fingerprint density at radius 3 is 2.71 bits per heavy atom. The van der Waals surface area contributed by atoms with Crippen molar-refractivity contribution in [2.45, 2.75) is 19.9 Å². The van der Waals surface area contributed by atoms with Crippen molar-refractivity contribution in [2.24, 2.45) is 0 Å². The molecule has 120 valence electrons. The van der Waals surface area contributed by atoms with Crippen LogP contribution >= 0.6 is 11.3 Å². The van der Waals surface area contributed by atoms with Gasteiger partial charge in [-0.3, -0.25) is 0 Å². The van der Waals surface area contributed by atoms with E-state index in [1.54, 1.807) is 23.5 Å². The Hall–Kier alpha value is -2.46. The molecule has 4 rings (SSSR count). The number of benzene rings is 2. The van der Waals surface area contributed by atoms with E-state index < -0.39 is 0 Å². The first-order chi connectivity index (χ1) is 11.6. The summed E-state index contributed by atoms with van der Waals surface area (Å²) in [4.78, 5) is 4.63. The van der Waals surface area contributed by atoms with Gasteiger partial charge in [0.05, 0.1) is 5.69 Å². The van der Waals surface area contributed by atoms with Crippen LogP contribution in [0.15, 0.2) is 60.1 Å². The molecule has 0 N–H and O–H groups in total. The molecule has 2 heterocycles. The molecule has 0 amide bonds. The zero-order chi connectivity index (χ0) is 16.7. The number of thiazole rings is 1. The number of aromatic nitrogens is 2. The van der Waals surface area contributed by atoms with Crippen LogP contribution in [0.4, 0.5) is 4.39 Å². The SMILES string of the molecule is CC(C)n1ccc2cc(-c3nc(-c4ccccc4F)cs3)ccc21. The lowest BCUT2D eigenvalue weighted by Crippen LogP contribution is -1.97. The molecule has 2 aromatic carbocycles. The Morgan fingerprint density at radius 1 is 1.08 bits per heavy atom. The predicted octanol–water partition coefficient (Wildman–Crippen LogP) is 6.15. The summed E-state index contributed by atoms with van der Waals surface area (Å²) in [7, 11) is 0. The third-order valence-corrected chi connectivity index (χ3v) is 5.07. The monoisotopic (exact) mass is 336 g/mol. The molecule has 0 saturated heterocycles. The summed E-state index contributed by atoms with van der Waals surface area (Å²) < 4.78 is 16.2. The van der Waals surface area contributed by atoms with Crippen molar-refractivity contribution in [3.05, 3.63) is 65.9 Å². The average Bonchev–Trinajstić information content (AvgIpc) is 3.21. The molecule has 0 aliphatic rings. The third kappa shape index (κ3) is 2.53. The van der Waals surface area contributed by atoms with Crippen LogP contribution in [0.25, 0.3) is 32.7 Å². The second-order valence-corrected chi connectivity index (χ2v) is 6.97. The maximum absolute atomic E-state index is 13.9. The zero-order valence-electron chi connectivity index (χ0n) is 13.5. The van der Waals surface area contributed by atoms with Gasteiger partial charge in [-0.15, -0.1) is 11.3 Å². The maximum Gasteiger partial charge on any atom is 0.132 e. The van der Waals surface area contributed by atoms with E-state index in [1.165, 1.54) is 17.0 Å². The van der Waals surface area contributed by atoms with Gasteiger partial charge in [0.25, 0.3) is 0 Å². The Morgan fingerprint density at radius 2 is 1.92 bits per heavy atom. The molecule has 2 aromatic heterocycles. The molecule has 0 atom stereocenters. The Bertz CT molecular complexity index is 1010. The highest BCUT2D eigenvalue weighted by Crippen LogP contribution is 2.32. The van der Waals surface area contributed by atoms with Crippen LogP contribution in [0, 0.1) is 5.82 Å². The smallest absolute Gasteiger partial charge is 0.132 e. The summed E-state index contributed by atoms with van der Waals surface area (Å²) in [6, 6.07) is 15.7. The Kier molecular flexibility index (Phi) is 3.69. The largest absolute Gasteiger partial charge is 0.345 e. The fourth-order valence-corrected chi connectivity index (χ4v) is 3.76. The lowest BCUT2D eigenvalue weighted by atomic mass is 10.1. The molecule has 0 saturated carbocycles. The van der Waals surface area contributed by atoms with E-state index in [4.69, 9.17) is 0 Å². The van der Waals surface area contributed by atoms with E-state index in [9.17, 15) is 4.39 Å². The second-order valence-electron chi connectivity index (χ2n) is 6.11. The van der Waals surface area contributed by atoms with Crippen LogP contribution in [0.3, 0.4) is 0 Å². The van der Waals surface area contributed by atoms with Crippen molar-refractivity contribution in [1.29, 1.82) is 0 Å². The van der Waals surface area contributed by atoms with Crippen molar-refractivity contribution in [3.8, 4) is 21.8 Å². The topological polar surface area (TPSA) is 17.8 Å². The van der Waals surface area contributed by atoms with Crippen molar-refractivity contribution >= 4 is 22.2 Å². The lowest BCUT2D eigenvalue weighted by Gasteiger charge is -2.09. The maximum atomic E-state index is 13.9. The van der Waals surface area contributed by atoms with Crippen LogP contribution in [0.1, 0.15) is 19.9 Å². The second kappa shape index (κ2) is 5.87. The molecule has 0 radical (unpaired) electrons. The average molecular weight is 336 g/mol. The van der Waals surface area contributed by atoms with Gasteiger partial charge in [-0.05, 0) is 50.2 Å². The van der Waals surface area contributed by atoms with Crippen LogP contribution < -0.4 is 0 Å². The number of rotatable bonds is 3. The van der Waals surface area contributed by atoms with E-state index in [1.807, 2.05) is 11.4 Å². The highest BCUT2D eigenvalue weighted by atomic mass is 32.1. The van der Waals surface area contributed by atoms with E-state index >= 15 is 0 Å². The van der Waals surface area contributed by atoms with Gasteiger partial charge in [0.2, 0.25) is 0 Å². The minimum absolute atomic E-state index is 0.237. The minimum Gasteiger partial charge on any atom is -0.345 e. The van der Waals surface area contributed by atoms with Gasteiger partial charge < -0.3 is 4.57 Å². The van der Waals surface area contributed by atoms with Crippen molar-refractivity contribution in [3.63, 3.8) is 0 Å². The molecule has 4 aromatic rings. The standard InChI is InChI=1S/C20H17FN2S/c1-13(2)23-10-9-14-11-15(7-8-19(14)23)20-22-18(12-24-20)16-5-3-4-6-17(16)21/h3-13H,1-2H3. The van der Waals surface area contributed by atoms with Gasteiger partial charge in [0.15, 0.2) is 0 Å². The molecule has 2 nitrogen and oxygen atoms in total. The summed E-state index contributed by atoms with van der Waals surface area (Å²) in [5.41, 5.74) is 3.52. The number of nitrogens with zero attached hydrogens (tertiary/aromatic N) is 2. The first-order valence-corrected chi connectivity index (χ1v) is 8.83. The van der Waals surface area contributed by atoms with Crippen LogP contribution in [0.5, 0.6) is 0 Å². The van der Waals surface area contributed by atoms with Crippen molar-refractivity contribution in [1.82, 2.24) is 9.55 Å². The molecule has 0 fully saturated rings. The highest BCUT2D eigenvalue weighted by Gasteiger charge is 2.11. The van der Waals surface area contributed by atoms with Gasteiger partial charge in [0.1, 0.15) is 10.8 Å². The molecule has 0 aliphatic carbocycles. The zero-order valence-corrected chi connectivity index (χ0v) is 14.3. The number of hydrogen-bond acceptors (Lipinski definition) is 2. The van der Waals surface area contributed by atoms with E-state index in [0.717, 1.165) is 10.6 Å². The first-order valence-electron chi connectivity index (χ1n) is 7.95. The van der Waals surface area contributed by atoms with E-state index in [2.05, 4.69) is 53.9 Å². The number of hydrogen-bond donors (Lipinski definition) is 0. The summed E-state index contributed by atoms with van der Waals surface area (Å²) in [5, 5.41) is 4.02. The van der Waals surface area contributed by atoms with Gasteiger partial charge in [0, 0.05) is 39.6 Å². The fraction of sp³-hybridized carbons (Fsp3) is 0.150. The molecule has 0 spiro atoms. The normalized spacial score (nSPS) is 11.5. The summed E-state index contributed by atoms with van der Waals surface area (Å²) in [6.07, 6.45) is 2.12. The molecule has 0 bridgehead atoms. The fourth-order valence-electron chi connectivity index (χ4n) is 2.95. The minimum atomic E-state index is -0.237. The molecular weight excluding hydrogens is 319 g/mol. The molecule has 0 aliphatic heterocycles. The molecule has 4 heteroatoms. The lowest BCUT2D eigenvalue weighted by molar-refractivity contribution is 0.623. The first kappa shape index (κ1) is 15.1. The van der Waals surface area contributed by atoms with E-state index in [-0.39, 0.29) is 5.82 Å². The quantitative estimate of drug-likeness (QED) is 0.438. The summed E-state index contributed by atoms with van der Waals surface area (Å²) in [5.74, 6) is -0.237.